The van der Waals surface area contributed by atoms with Gasteiger partial charge in [0.05, 0.1) is 16.7 Å². The van der Waals surface area contributed by atoms with Crippen LogP contribution in [0.5, 0.6) is 5.75 Å². The topological polar surface area (TPSA) is 93.5 Å². The van der Waals surface area contributed by atoms with Crippen molar-refractivity contribution in [2.24, 2.45) is 0 Å². The number of hydrogen-bond acceptors (Lipinski definition) is 5. The number of nitrogens with zero attached hydrogens (tertiary/aromatic N) is 1. The third-order valence-corrected chi connectivity index (χ3v) is 2.79. The summed E-state index contributed by atoms with van der Waals surface area (Å²) in [6.07, 6.45) is 4.63. The highest BCUT2D eigenvalue weighted by Crippen LogP contribution is 2.37. The second-order valence-electron chi connectivity index (χ2n) is 4.24. The van der Waals surface area contributed by atoms with Crippen molar-refractivity contribution in [2.75, 3.05) is 23.8 Å². The summed E-state index contributed by atoms with van der Waals surface area (Å²) in [6, 6.07) is 2.85. The Bertz CT molecular complexity index is 569. The standard InChI is InChI=1S/C13H15N3O4/c1-2-3-4-5-14-9-6-10-12(7-11(9)16(18)19)20-8-13(17)15-10/h2-3,6-7,14H,4-5,8H2,1H3,(H,15,17)/b3-2+. The van der Waals surface area contributed by atoms with Crippen molar-refractivity contribution < 1.29 is 14.5 Å². The van der Waals surface area contributed by atoms with Crippen LogP contribution < -0.4 is 15.4 Å². The Labute approximate surface area is 115 Å². The Hall–Kier alpha value is -2.57. The molecule has 1 aliphatic heterocycles. The number of amides is 1. The average molecular weight is 277 g/mol. The van der Waals surface area contributed by atoms with Crippen molar-refractivity contribution in [1.29, 1.82) is 0 Å². The molecular formula is C13H15N3O4. The lowest BCUT2D eigenvalue weighted by molar-refractivity contribution is -0.384. The highest BCUT2D eigenvalue weighted by atomic mass is 16.6. The molecule has 0 fully saturated rings. The number of nitro groups is 1. The van der Waals surface area contributed by atoms with Crippen LogP contribution in [0.4, 0.5) is 17.1 Å². The molecule has 0 unspecified atom stereocenters. The fourth-order valence-electron chi connectivity index (χ4n) is 1.87. The molecule has 2 N–H and O–H groups in total. The normalized spacial score (nSPS) is 13.6. The van der Waals surface area contributed by atoms with Gasteiger partial charge in [-0.05, 0) is 19.4 Å². The maximum atomic E-state index is 11.3. The SMILES string of the molecule is C/C=C/CCNc1cc2c(cc1[N+](=O)[O-])OCC(=O)N2. The summed E-state index contributed by atoms with van der Waals surface area (Å²) in [5, 5.41) is 16.7. The minimum absolute atomic E-state index is 0.0691. The highest BCUT2D eigenvalue weighted by Gasteiger charge is 2.23. The highest BCUT2D eigenvalue weighted by molar-refractivity contribution is 5.96. The van der Waals surface area contributed by atoms with Gasteiger partial charge in [0.1, 0.15) is 5.69 Å². The van der Waals surface area contributed by atoms with E-state index in [1.165, 1.54) is 12.1 Å². The largest absolute Gasteiger partial charge is 0.481 e. The zero-order valence-electron chi connectivity index (χ0n) is 11.0. The van der Waals surface area contributed by atoms with Crippen LogP contribution in [-0.2, 0) is 4.79 Å². The third kappa shape index (κ3) is 3.05. The minimum atomic E-state index is -0.474. The van der Waals surface area contributed by atoms with Gasteiger partial charge in [-0.1, -0.05) is 12.2 Å². The number of benzene rings is 1. The number of carbonyl (C=O) groups excluding carboxylic acids is 1. The third-order valence-electron chi connectivity index (χ3n) is 2.79. The maximum Gasteiger partial charge on any atom is 0.296 e. The quantitative estimate of drug-likeness (QED) is 0.373. The number of rotatable bonds is 5. The van der Waals surface area contributed by atoms with Gasteiger partial charge in [-0.15, -0.1) is 0 Å². The summed E-state index contributed by atoms with van der Waals surface area (Å²) in [7, 11) is 0. The van der Waals surface area contributed by atoms with E-state index in [1.807, 2.05) is 19.1 Å². The Morgan fingerprint density at radius 1 is 1.55 bits per heavy atom. The molecule has 1 aromatic carbocycles. The number of anilines is 2. The van der Waals surface area contributed by atoms with Gasteiger partial charge in [-0.25, -0.2) is 0 Å². The lowest BCUT2D eigenvalue weighted by Gasteiger charge is -2.19. The molecule has 0 aliphatic carbocycles. The lowest BCUT2D eigenvalue weighted by Crippen LogP contribution is -2.25. The molecule has 7 heteroatoms. The molecule has 1 heterocycles. The van der Waals surface area contributed by atoms with Crippen molar-refractivity contribution in [3.8, 4) is 5.75 Å². The smallest absolute Gasteiger partial charge is 0.296 e. The van der Waals surface area contributed by atoms with E-state index in [-0.39, 0.29) is 18.2 Å². The number of carbonyl (C=O) groups is 1. The average Bonchev–Trinajstić information content (AvgIpc) is 2.42. The second-order valence-corrected chi connectivity index (χ2v) is 4.24. The van der Waals surface area contributed by atoms with E-state index in [1.54, 1.807) is 0 Å². The molecule has 1 aromatic rings. The van der Waals surface area contributed by atoms with E-state index >= 15 is 0 Å². The second kappa shape index (κ2) is 6.05. The Morgan fingerprint density at radius 2 is 2.35 bits per heavy atom. The number of nitro benzene ring substituents is 1. The van der Waals surface area contributed by atoms with E-state index < -0.39 is 4.92 Å². The van der Waals surface area contributed by atoms with E-state index in [9.17, 15) is 14.9 Å². The summed E-state index contributed by atoms with van der Waals surface area (Å²) < 4.78 is 5.17. The van der Waals surface area contributed by atoms with Gasteiger partial charge in [0.2, 0.25) is 0 Å². The number of ether oxygens (including phenoxy) is 1. The van der Waals surface area contributed by atoms with E-state index in [0.717, 1.165) is 6.42 Å². The summed E-state index contributed by atoms with van der Waals surface area (Å²) in [5.74, 6) is 0.0431. The van der Waals surface area contributed by atoms with E-state index in [0.29, 0.717) is 23.7 Å². The monoisotopic (exact) mass is 277 g/mol. The number of nitrogens with one attached hydrogen (secondary N) is 2. The van der Waals surface area contributed by atoms with Crippen molar-refractivity contribution in [3.05, 3.63) is 34.4 Å². The zero-order valence-corrected chi connectivity index (χ0v) is 11.0. The summed E-state index contributed by atoms with van der Waals surface area (Å²) >= 11 is 0. The molecule has 1 aliphatic rings. The lowest BCUT2D eigenvalue weighted by atomic mass is 10.2. The first-order chi connectivity index (χ1) is 9.61. The van der Waals surface area contributed by atoms with Crippen molar-refractivity contribution >= 4 is 23.0 Å². The summed E-state index contributed by atoms with van der Waals surface area (Å²) in [4.78, 5) is 21.9. The van der Waals surface area contributed by atoms with Gasteiger partial charge >= 0.3 is 0 Å². The molecule has 106 valence electrons. The fourth-order valence-corrected chi connectivity index (χ4v) is 1.87. The zero-order chi connectivity index (χ0) is 14.5. The maximum absolute atomic E-state index is 11.3. The molecule has 0 atom stereocenters. The van der Waals surface area contributed by atoms with Crippen molar-refractivity contribution in [1.82, 2.24) is 0 Å². The Morgan fingerprint density at radius 3 is 3.05 bits per heavy atom. The number of fused-ring (bicyclic) bond motifs is 1. The van der Waals surface area contributed by atoms with Crippen molar-refractivity contribution in [3.63, 3.8) is 0 Å². The summed E-state index contributed by atoms with van der Waals surface area (Å²) in [6.45, 7) is 2.35. The first-order valence-electron chi connectivity index (χ1n) is 6.22. The van der Waals surface area contributed by atoms with Crippen LogP contribution in [0, 0.1) is 10.1 Å². The fraction of sp³-hybridized carbons (Fsp3) is 0.308. The Kier molecular flexibility index (Phi) is 4.19. The molecule has 0 spiro atoms. The van der Waals surface area contributed by atoms with Crippen molar-refractivity contribution in [2.45, 2.75) is 13.3 Å². The van der Waals surface area contributed by atoms with Gasteiger partial charge in [0.15, 0.2) is 12.4 Å². The number of hydrogen-bond donors (Lipinski definition) is 2. The van der Waals surface area contributed by atoms with Crippen LogP contribution in [-0.4, -0.2) is 24.0 Å². The molecule has 2 rings (SSSR count). The van der Waals surface area contributed by atoms with Crippen LogP contribution in [0.1, 0.15) is 13.3 Å². The van der Waals surface area contributed by atoms with Gasteiger partial charge < -0.3 is 15.4 Å². The van der Waals surface area contributed by atoms with Crippen LogP contribution in [0.15, 0.2) is 24.3 Å². The van der Waals surface area contributed by atoms with Crippen LogP contribution in [0.2, 0.25) is 0 Å². The van der Waals surface area contributed by atoms with Gasteiger partial charge in [-0.3, -0.25) is 14.9 Å². The molecule has 0 bridgehead atoms. The molecular weight excluding hydrogens is 262 g/mol. The van der Waals surface area contributed by atoms with E-state index in [2.05, 4.69) is 10.6 Å². The minimum Gasteiger partial charge on any atom is -0.481 e. The van der Waals surface area contributed by atoms with Crippen LogP contribution in [0.3, 0.4) is 0 Å². The first-order valence-corrected chi connectivity index (χ1v) is 6.22. The summed E-state index contributed by atoms with van der Waals surface area (Å²) in [5.41, 5.74) is 0.741. The first kappa shape index (κ1) is 13.9. The molecule has 0 radical (unpaired) electrons. The molecule has 0 saturated carbocycles. The molecule has 7 nitrogen and oxygen atoms in total. The molecule has 1 amide bonds. The van der Waals surface area contributed by atoms with E-state index in [4.69, 9.17) is 4.74 Å². The van der Waals surface area contributed by atoms with Gasteiger partial charge in [0.25, 0.3) is 11.6 Å². The molecule has 20 heavy (non-hydrogen) atoms. The predicted molar refractivity (Wildman–Crippen MR) is 75.1 cm³/mol. The van der Waals surface area contributed by atoms with Gasteiger partial charge in [0, 0.05) is 6.54 Å². The molecule has 0 aromatic heterocycles. The Balaban J connectivity index is 2.26. The van der Waals surface area contributed by atoms with Crippen LogP contribution in [0.25, 0.3) is 0 Å². The molecule has 0 saturated heterocycles. The van der Waals surface area contributed by atoms with Gasteiger partial charge in [-0.2, -0.15) is 0 Å². The van der Waals surface area contributed by atoms with Crippen LogP contribution >= 0.6 is 0 Å². The number of allylic oxidation sites excluding steroid dienone is 1. The predicted octanol–water partition coefficient (Wildman–Crippen LogP) is 2.30.